The van der Waals surface area contributed by atoms with Crippen molar-refractivity contribution in [2.45, 2.75) is 13.3 Å². The SMILES string of the molecule is Cc1ncc(I)c(C(F)F)c1C(=O)O. The number of hydrogen-bond acceptors (Lipinski definition) is 2. The van der Waals surface area contributed by atoms with Crippen LogP contribution < -0.4 is 0 Å². The van der Waals surface area contributed by atoms with Gasteiger partial charge in [0.15, 0.2) is 0 Å². The van der Waals surface area contributed by atoms with Gasteiger partial charge in [0.1, 0.15) is 0 Å². The monoisotopic (exact) mass is 313 g/mol. The number of hydrogen-bond donors (Lipinski definition) is 1. The minimum atomic E-state index is -2.80. The number of carboxylic acids is 1. The van der Waals surface area contributed by atoms with Gasteiger partial charge in [-0.3, -0.25) is 4.98 Å². The van der Waals surface area contributed by atoms with Gasteiger partial charge in [-0.15, -0.1) is 0 Å². The lowest BCUT2D eigenvalue weighted by Crippen LogP contribution is -2.09. The van der Waals surface area contributed by atoms with Crippen molar-refractivity contribution in [1.82, 2.24) is 4.98 Å². The van der Waals surface area contributed by atoms with Crippen molar-refractivity contribution in [3.05, 3.63) is 26.6 Å². The van der Waals surface area contributed by atoms with E-state index in [-0.39, 0.29) is 9.26 Å². The number of aromatic carboxylic acids is 1. The van der Waals surface area contributed by atoms with Gasteiger partial charge >= 0.3 is 5.97 Å². The zero-order valence-electron chi connectivity index (χ0n) is 7.09. The van der Waals surface area contributed by atoms with Gasteiger partial charge in [-0.05, 0) is 29.5 Å². The van der Waals surface area contributed by atoms with Crippen LogP contribution in [-0.4, -0.2) is 16.1 Å². The van der Waals surface area contributed by atoms with E-state index >= 15 is 0 Å². The first-order valence-electron chi connectivity index (χ1n) is 3.61. The molecule has 0 aliphatic carbocycles. The molecular weight excluding hydrogens is 307 g/mol. The summed E-state index contributed by atoms with van der Waals surface area (Å²) in [5, 5.41) is 8.74. The molecule has 0 radical (unpaired) electrons. The summed E-state index contributed by atoms with van der Waals surface area (Å²) in [6, 6.07) is 0. The third kappa shape index (κ3) is 1.99. The molecular formula is C8H6F2INO2. The maximum atomic E-state index is 12.5. The maximum Gasteiger partial charge on any atom is 0.338 e. The fourth-order valence-corrected chi connectivity index (χ4v) is 1.73. The standard InChI is InChI=1S/C8H6F2INO2/c1-3-5(8(13)14)6(7(9)10)4(11)2-12-3/h2,7H,1H3,(H,13,14). The zero-order chi connectivity index (χ0) is 10.9. The van der Waals surface area contributed by atoms with E-state index in [0.717, 1.165) is 0 Å². The molecule has 0 bridgehead atoms. The summed E-state index contributed by atoms with van der Waals surface area (Å²) in [5.41, 5.74) is -0.745. The Labute approximate surface area is 92.3 Å². The van der Waals surface area contributed by atoms with Crippen LogP contribution in [0.15, 0.2) is 6.20 Å². The summed E-state index contributed by atoms with van der Waals surface area (Å²) >= 11 is 1.65. The molecule has 1 N–H and O–H groups in total. The molecule has 0 saturated heterocycles. The first-order valence-corrected chi connectivity index (χ1v) is 4.69. The van der Waals surface area contributed by atoms with Crippen molar-refractivity contribution in [3.63, 3.8) is 0 Å². The Morgan fingerprint density at radius 1 is 1.64 bits per heavy atom. The highest BCUT2D eigenvalue weighted by atomic mass is 127. The second-order valence-electron chi connectivity index (χ2n) is 2.59. The number of alkyl halides is 2. The van der Waals surface area contributed by atoms with E-state index in [1.54, 1.807) is 22.6 Å². The van der Waals surface area contributed by atoms with Gasteiger partial charge in [0, 0.05) is 15.3 Å². The van der Waals surface area contributed by atoms with Crippen LogP contribution in [0.1, 0.15) is 28.0 Å². The fourth-order valence-electron chi connectivity index (χ4n) is 1.09. The van der Waals surface area contributed by atoms with Crippen LogP contribution in [0.3, 0.4) is 0 Å². The summed E-state index contributed by atoms with van der Waals surface area (Å²) in [7, 11) is 0. The predicted octanol–water partition coefficient (Wildman–Crippen LogP) is 2.63. The third-order valence-corrected chi connectivity index (χ3v) is 2.55. The van der Waals surface area contributed by atoms with E-state index in [1.165, 1.54) is 13.1 Å². The van der Waals surface area contributed by atoms with Gasteiger partial charge in [-0.25, -0.2) is 13.6 Å². The van der Waals surface area contributed by atoms with Crippen molar-refractivity contribution in [2.24, 2.45) is 0 Å². The molecule has 0 aliphatic heterocycles. The number of aromatic nitrogens is 1. The zero-order valence-corrected chi connectivity index (χ0v) is 9.25. The summed E-state index contributed by atoms with van der Waals surface area (Å²) in [6.45, 7) is 1.39. The quantitative estimate of drug-likeness (QED) is 0.854. The Kier molecular flexibility index (Phi) is 3.35. The average Bonchev–Trinajstić information content (AvgIpc) is 2.07. The molecule has 1 heterocycles. The van der Waals surface area contributed by atoms with Crippen LogP contribution in [0.4, 0.5) is 8.78 Å². The topological polar surface area (TPSA) is 50.2 Å². The van der Waals surface area contributed by atoms with Crippen LogP contribution in [0.2, 0.25) is 0 Å². The molecule has 14 heavy (non-hydrogen) atoms. The highest BCUT2D eigenvalue weighted by molar-refractivity contribution is 14.1. The molecule has 0 saturated carbocycles. The Morgan fingerprint density at radius 3 is 2.57 bits per heavy atom. The second-order valence-corrected chi connectivity index (χ2v) is 3.75. The molecule has 0 aliphatic rings. The summed E-state index contributed by atoms with van der Waals surface area (Å²) in [6.07, 6.45) is -1.56. The lowest BCUT2D eigenvalue weighted by atomic mass is 10.1. The van der Waals surface area contributed by atoms with Gasteiger partial charge in [0.25, 0.3) is 6.43 Å². The normalized spacial score (nSPS) is 10.6. The van der Waals surface area contributed by atoms with Gasteiger partial charge in [0.05, 0.1) is 11.3 Å². The number of pyridine rings is 1. The lowest BCUT2D eigenvalue weighted by Gasteiger charge is -2.09. The van der Waals surface area contributed by atoms with Crippen LogP contribution in [-0.2, 0) is 0 Å². The van der Waals surface area contributed by atoms with Gasteiger partial charge in [-0.1, -0.05) is 0 Å². The van der Waals surface area contributed by atoms with E-state index in [2.05, 4.69) is 4.98 Å². The second kappa shape index (κ2) is 4.16. The van der Waals surface area contributed by atoms with E-state index < -0.39 is 23.5 Å². The Hall–Kier alpha value is -0.790. The minimum absolute atomic E-state index is 0.105. The van der Waals surface area contributed by atoms with Gasteiger partial charge in [-0.2, -0.15) is 0 Å². The predicted molar refractivity (Wildman–Crippen MR) is 53.6 cm³/mol. The van der Waals surface area contributed by atoms with Crippen molar-refractivity contribution < 1.29 is 18.7 Å². The molecule has 0 amide bonds. The Balaban J connectivity index is 3.50. The largest absolute Gasteiger partial charge is 0.478 e. The van der Waals surface area contributed by atoms with Crippen LogP contribution >= 0.6 is 22.6 Å². The van der Waals surface area contributed by atoms with Crippen molar-refractivity contribution in [2.75, 3.05) is 0 Å². The Bertz CT molecular complexity index is 382. The molecule has 1 rings (SSSR count). The minimum Gasteiger partial charge on any atom is -0.478 e. The van der Waals surface area contributed by atoms with Crippen molar-refractivity contribution in [1.29, 1.82) is 0 Å². The van der Waals surface area contributed by atoms with Crippen LogP contribution in [0.5, 0.6) is 0 Å². The van der Waals surface area contributed by atoms with E-state index in [0.29, 0.717) is 0 Å². The molecule has 6 heteroatoms. The maximum absolute atomic E-state index is 12.5. The number of halogens is 3. The van der Waals surface area contributed by atoms with E-state index in [4.69, 9.17) is 5.11 Å². The third-order valence-electron chi connectivity index (χ3n) is 1.69. The smallest absolute Gasteiger partial charge is 0.338 e. The molecule has 1 aromatic rings. The molecule has 0 fully saturated rings. The molecule has 0 spiro atoms. The number of aryl methyl sites for hydroxylation is 1. The van der Waals surface area contributed by atoms with Crippen LogP contribution in [0, 0.1) is 10.5 Å². The Morgan fingerprint density at radius 2 is 2.21 bits per heavy atom. The number of rotatable bonds is 2. The molecule has 1 aromatic heterocycles. The molecule has 3 nitrogen and oxygen atoms in total. The van der Waals surface area contributed by atoms with Crippen molar-refractivity contribution in [3.8, 4) is 0 Å². The highest BCUT2D eigenvalue weighted by Crippen LogP contribution is 2.28. The van der Waals surface area contributed by atoms with Gasteiger partial charge in [0.2, 0.25) is 0 Å². The molecule has 0 aromatic carbocycles. The number of carboxylic acid groups (broad SMARTS) is 1. The van der Waals surface area contributed by atoms with Crippen molar-refractivity contribution >= 4 is 28.6 Å². The molecule has 0 unspecified atom stereocenters. The summed E-state index contributed by atoms with van der Waals surface area (Å²) < 4.78 is 25.2. The fraction of sp³-hybridized carbons (Fsp3) is 0.250. The average molecular weight is 313 g/mol. The summed E-state index contributed by atoms with van der Waals surface area (Å²) in [4.78, 5) is 14.4. The summed E-state index contributed by atoms with van der Waals surface area (Å²) in [5.74, 6) is -1.37. The van der Waals surface area contributed by atoms with Crippen LogP contribution in [0.25, 0.3) is 0 Å². The van der Waals surface area contributed by atoms with E-state index in [9.17, 15) is 13.6 Å². The number of nitrogens with zero attached hydrogens (tertiary/aromatic N) is 1. The van der Waals surface area contributed by atoms with Gasteiger partial charge < -0.3 is 5.11 Å². The first kappa shape index (κ1) is 11.3. The number of carbonyl (C=O) groups is 1. The first-order chi connectivity index (χ1) is 6.45. The molecule has 0 atom stereocenters. The lowest BCUT2D eigenvalue weighted by molar-refractivity contribution is 0.0682. The molecule has 76 valence electrons. The highest BCUT2D eigenvalue weighted by Gasteiger charge is 2.23. The van der Waals surface area contributed by atoms with E-state index in [1.807, 2.05) is 0 Å².